The van der Waals surface area contributed by atoms with E-state index in [0.717, 1.165) is 5.69 Å². The van der Waals surface area contributed by atoms with E-state index in [0.29, 0.717) is 13.1 Å². The van der Waals surface area contributed by atoms with Crippen molar-refractivity contribution in [1.29, 1.82) is 0 Å². The topological polar surface area (TPSA) is 53.4 Å². The Labute approximate surface area is 83.2 Å². The summed E-state index contributed by atoms with van der Waals surface area (Å²) in [5, 5.41) is 8.49. The van der Waals surface area contributed by atoms with Crippen molar-refractivity contribution in [3.8, 4) is 0 Å². The molecule has 0 saturated carbocycles. The summed E-state index contributed by atoms with van der Waals surface area (Å²) in [6.07, 6.45) is 1.91. The van der Waals surface area contributed by atoms with E-state index in [2.05, 4.69) is 4.98 Å². The van der Waals surface area contributed by atoms with Crippen molar-refractivity contribution in [3.63, 3.8) is 0 Å². The van der Waals surface area contributed by atoms with Crippen LogP contribution in [0, 0.1) is 0 Å². The van der Waals surface area contributed by atoms with Crippen LogP contribution in [0.1, 0.15) is 12.1 Å². The van der Waals surface area contributed by atoms with Gasteiger partial charge in [0.1, 0.15) is 0 Å². The summed E-state index contributed by atoms with van der Waals surface area (Å²) >= 11 is 0. The van der Waals surface area contributed by atoms with Gasteiger partial charge in [0.15, 0.2) is 0 Å². The minimum Gasteiger partial charge on any atom is -0.481 e. The number of pyridine rings is 1. The summed E-state index contributed by atoms with van der Waals surface area (Å²) in [6.45, 7) is 1.24. The summed E-state index contributed by atoms with van der Waals surface area (Å²) in [6, 6.07) is 5.71. The smallest absolute Gasteiger partial charge is 0.304 e. The van der Waals surface area contributed by atoms with E-state index in [1.807, 2.05) is 30.1 Å². The normalized spacial score (nSPS) is 10.4. The molecule has 1 N–H and O–H groups in total. The van der Waals surface area contributed by atoms with Crippen LogP contribution in [-0.2, 0) is 11.3 Å². The first-order valence-corrected chi connectivity index (χ1v) is 4.48. The van der Waals surface area contributed by atoms with Gasteiger partial charge in [-0.3, -0.25) is 14.7 Å². The lowest BCUT2D eigenvalue weighted by atomic mass is 10.3. The quantitative estimate of drug-likeness (QED) is 0.759. The van der Waals surface area contributed by atoms with Crippen molar-refractivity contribution >= 4 is 5.97 Å². The van der Waals surface area contributed by atoms with Crippen LogP contribution >= 0.6 is 0 Å². The first kappa shape index (κ1) is 10.7. The zero-order valence-electron chi connectivity index (χ0n) is 8.18. The van der Waals surface area contributed by atoms with E-state index in [-0.39, 0.29) is 6.42 Å². The number of carboxylic acid groups (broad SMARTS) is 1. The van der Waals surface area contributed by atoms with Gasteiger partial charge in [0.25, 0.3) is 0 Å². The summed E-state index contributed by atoms with van der Waals surface area (Å²) in [7, 11) is 1.89. The van der Waals surface area contributed by atoms with Crippen LogP contribution in [0.2, 0.25) is 0 Å². The molecule has 1 heterocycles. The van der Waals surface area contributed by atoms with E-state index in [9.17, 15) is 4.79 Å². The van der Waals surface area contributed by atoms with Gasteiger partial charge in [-0.2, -0.15) is 0 Å². The van der Waals surface area contributed by atoms with E-state index >= 15 is 0 Å². The second-order valence-corrected chi connectivity index (χ2v) is 3.20. The molecule has 0 aliphatic carbocycles. The van der Waals surface area contributed by atoms with Gasteiger partial charge in [-0.1, -0.05) is 6.07 Å². The van der Waals surface area contributed by atoms with Gasteiger partial charge >= 0.3 is 5.97 Å². The zero-order chi connectivity index (χ0) is 10.4. The SMILES string of the molecule is CN(CCC(=O)O)Cc1ccccn1. The van der Waals surface area contributed by atoms with Crippen molar-refractivity contribution in [1.82, 2.24) is 9.88 Å². The number of carbonyl (C=O) groups is 1. The summed E-state index contributed by atoms with van der Waals surface area (Å²) in [5.41, 5.74) is 0.959. The molecule has 14 heavy (non-hydrogen) atoms. The average molecular weight is 194 g/mol. The molecule has 0 spiro atoms. The number of hydrogen-bond donors (Lipinski definition) is 1. The second-order valence-electron chi connectivity index (χ2n) is 3.20. The predicted octanol–water partition coefficient (Wildman–Crippen LogP) is 0.988. The fraction of sp³-hybridized carbons (Fsp3) is 0.400. The molecular weight excluding hydrogens is 180 g/mol. The van der Waals surface area contributed by atoms with Crippen LogP contribution in [0.5, 0.6) is 0 Å². The van der Waals surface area contributed by atoms with Gasteiger partial charge in [0, 0.05) is 19.3 Å². The van der Waals surface area contributed by atoms with Gasteiger partial charge in [0.2, 0.25) is 0 Å². The molecule has 4 nitrogen and oxygen atoms in total. The fourth-order valence-electron chi connectivity index (χ4n) is 1.13. The molecule has 0 bridgehead atoms. The van der Waals surface area contributed by atoms with Crippen molar-refractivity contribution in [3.05, 3.63) is 30.1 Å². The third-order valence-electron chi connectivity index (χ3n) is 1.87. The Morgan fingerprint density at radius 2 is 2.36 bits per heavy atom. The maximum atomic E-state index is 10.3. The Kier molecular flexibility index (Phi) is 4.07. The van der Waals surface area contributed by atoms with E-state index < -0.39 is 5.97 Å². The number of nitrogens with zero attached hydrogens (tertiary/aromatic N) is 2. The highest BCUT2D eigenvalue weighted by Crippen LogP contribution is 1.99. The van der Waals surface area contributed by atoms with Gasteiger partial charge in [-0.25, -0.2) is 0 Å². The van der Waals surface area contributed by atoms with Crippen LogP contribution in [0.3, 0.4) is 0 Å². The van der Waals surface area contributed by atoms with Crippen LogP contribution in [-0.4, -0.2) is 34.6 Å². The van der Waals surface area contributed by atoms with Crippen molar-refractivity contribution in [2.45, 2.75) is 13.0 Å². The number of carboxylic acids is 1. The first-order valence-electron chi connectivity index (χ1n) is 4.48. The molecule has 76 valence electrons. The molecule has 0 fully saturated rings. The third-order valence-corrected chi connectivity index (χ3v) is 1.87. The largest absolute Gasteiger partial charge is 0.481 e. The van der Waals surface area contributed by atoms with Crippen LogP contribution in [0.25, 0.3) is 0 Å². The highest BCUT2D eigenvalue weighted by atomic mass is 16.4. The summed E-state index contributed by atoms with van der Waals surface area (Å²) < 4.78 is 0. The molecule has 0 aliphatic rings. The number of hydrogen-bond acceptors (Lipinski definition) is 3. The minimum atomic E-state index is -0.766. The Morgan fingerprint density at radius 3 is 2.93 bits per heavy atom. The lowest BCUT2D eigenvalue weighted by molar-refractivity contribution is -0.137. The molecule has 0 atom stereocenters. The predicted molar refractivity (Wildman–Crippen MR) is 52.8 cm³/mol. The van der Waals surface area contributed by atoms with Crippen molar-refractivity contribution in [2.75, 3.05) is 13.6 Å². The molecule has 0 aromatic carbocycles. The van der Waals surface area contributed by atoms with Crippen molar-refractivity contribution < 1.29 is 9.90 Å². The van der Waals surface area contributed by atoms with Crippen LogP contribution in [0.15, 0.2) is 24.4 Å². The van der Waals surface area contributed by atoms with E-state index in [1.54, 1.807) is 6.20 Å². The standard InChI is InChI=1S/C10H14N2O2/c1-12(7-5-10(13)14)8-9-4-2-3-6-11-9/h2-4,6H,5,7-8H2,1H3,(H,13,14). The van der Waals surface area contributed by atoms with Crippen LogP contribution in [0.4, 0.5) is 0 Å². The number of aliphatic carboxylic acids is 1. The molecule has 1 aromatic rings. The Hall–Kier alpha value is -1.42. The highest BCUT2D eigenvalue weighted by Gasteiger charge is 2.03. The van der Waals surface area contributed by atoms with Gasteiger partial charge in [-0.15, -0.1) is 0 Å². The van der Waals surface area contributed by atoms with Gasteiger partial charge in [-0.05, 0) is 19.2 Å². The number of rotatable bonds is 5. The Morgan fingerprint density at radius 1 is 1.57 bits per heavy atom. The van der Waals surface area contributed by atoms with Crippen LogP contribution < -0.4 is 0 Å². The van der Waals surface area contributed by atoms with E-state index in [1.165, 1.54) is 0 Å². The van der Waals surface area contributed by atoms with Gasteiger partial charge < -0.3 is 5.11 Å². The minimum absolute atomic E-state index is 0.170. The zero-order valence-corrected chi connectivity index (χ0v) is 8.18. The number of aromatic nitrogens is 1. The van der Waals surface area contributed by atoms with Gasteiger partial charge in [0.05, 0.1) is 12.1 Å². The first-order chi connectivity index (χ1) is 6.68. The maximum absolute atomic E-state index is 10.3. The molecule has 4 heteroatoms. The lowest BCUT2D eigenvalue weighted by Gasteiger charge is -2.14. The van der Waals surface area contributed by atoms with Crippen molar-refractivity contribution in [2.24, 2.45) is 0 Å². The van der Waals surface area contributed by atoms with E-state index in [4.69, 9.17) is 5.11 Å². The molecule has 0 radical (unpaired) electrons. The maximum Gasteiger partial charge on any atom is 0.304 e. The Bertz CT molecular complexity index is 287. The molecule has 0 unspecified atom stereocenters. The molecule has 1 rings (SSSR count). The fourth-order valence-corrected chi connectivity index (χ4v) is 1.13. The lowest BCUT2D eigenvalue weighted by Crippen LogP contribution is -2.21. The average Bonchev–Trinajstić information content (AvgIpc) is 2.16. The Balaban J connectivity index is 2.34. The molecular formula is C10H14N2O2. The third kappa shape index (κ3) is 4.00. The summed E-state index contributed by atoms with van der Waals surface area (Å²) in [4.78, 5) is 16.4. The highest BCUT2D eigenvalue weighted by molar-refractivity contribution is 5.66. The molecule has 1 aromatic heterocycles. The second kappa shape index (κ2) is 5.34. The monoisotopic (exact) mass is 194 g/mol. The summed E-state index contributed by atoms with van der Waals surface area (Å²) in [5.74, 6) is -0.766. The molecule has 0 amide bonds. The molecule has 0 saturated heterocycles. The molecule has 0 aliphatic heterocycles.